The van der Waals surface area contributed by atoms with Gasteiger partial charge >= 0.3 is 0 Å². The van der Waals surface area contributed by atoms with Crippen molar-refractivity contribution in [2.45, 2.75) is 19.4 Å². The van der Waals surface area contributed by atoms with Crippen LogP contribution in [-0.4, -0.2) is 22.7 Å². The Morgan fingerprint density at radius 3 is 2.75 bits per heavy atom. The Hall–Kier alpha value is -0.313. The monoisotopic (exact) mass is 131 g/mol. The van der Waals surface area contributed by atoms with Crippen LogP contribution in [-0.2, 0) is 4.79 Å². The van der Waals surface area contributed by atoms with E-state index in [0.717, 1.165) is 13.0 Å². The van der Waals surface area contributed by atoms with Crippen molar-refractivity contribution >= 4 is 16.1 Å². The normalized spacial score (nSPS) is 9.12. The van der Waals surface area contributed by atoms with Crippen LogP contribution in [0.2, 0.25) is 6.04 Å². The van der Waals surface area contributed by atoms with Gasteiger partial charge in [-0.15, -0.1) is 0 Å². The highest BCUT2D eigenvalue weighted by Crippen LogP contribution is 1.78. The average Bonchev–Trinajstić information content (AvgIpc) is 1.66. The Labute approximate surface area is 53.1 Å². The van der Waals surface area contributed by atoms with E-state index < -0.39 is 0 Å². The van der Waals surface area contributed by atoms with Crippen LogP contribution >= 0.6 is 0 Å². The lowest BCUT2D eigenvalue weighted by atomic mass is 10.5. The summed E-state index contributed by atoms with van der Waals surface area (Å²) in [5.41, 5.74) is 0. The van der Waals surface area contributed by atoms with Gasteiger partial charge < -0.3 is 5.32 Å². The van der Waals surface area contributed by atoms with Crippen LogP contribution in [0, 0.1) is 0 Å². The van der Waals surface area contributed by atoms with Crippen LogP contribution in [0.5, 0.6) is 0 Å². The molecule has 0 fully saturated rings. The Balaban J connectivity index is 2.82. The number of rotatable bonds is 3. The predicted octanol–water partition coefficient (Wildman–Crippen LogP) is -0.704. The highest BCUT2D eigenvalue weighted by molar-refractivity contribution is 6.08. The van der Waals surface area contributed by atoms with Gasteiger partial charge in [0.15, 0.2) is 0 Å². The fourth-order valence-corrected chi connectivity index (χ4v) is 0.795. The van der Waals surface area contributed by atoms with Gasteiger partial charge in [-0.3, -0.25) is 4.79 Å². The van der Waals surface area contributed by atoms with Crippen LogP contribution in [0.4, 0.5) is 0 Å². The first-order valence-corrected chi connectivity index (χ1v) is 4.43. The van der Waals surface area contributed by atoms with E-state index in [4.69, 9.17) is 0 Å². The molecular weight excluding hydrogens is 118 g/mol. The molecule has 8 heavy (non-hydrogen) atoms. The van der Waals surface area contributed by atoms with Gasteiger partial charge in [-0.05, 0) is 6.42 Å². The van der Waals surface area contributed by atoms with Crippen LogP contribution < -0.4 is 5.32 Å². The minimum absolute atomic E-state index is 0.0834. The summed E-state index contributed by atoms with van der Waals surface area (Å²) < 4.78 is 0. The molecular formula is C5H13NOSi. The van der Waals surface area contributed by atoms with Crippen LogP contribution in [0.3, 0.4) is 0 Å². The molecule has 0 aromatic carbocycles. The van der Waals surface area contributed by atoms with Gasteiger partial charge in [-0.1, -0.05) is 6.04 Å². The van der Waals surface area contributed by atoms with Crippen molar-refractivity contribution < 1.29 is 4.79 Å². The Morgan fingerprint density at radius 1 is 1.75 bits per heavy atom. The minimum atomic E-state index is 0.0834. The van der Waals surface area contributed by atoms with E-state index in [1.54, 1.807) is 6.92 Å². The standard InChI is InChI=1S/C5H13NOSi/c1-5(7)6-3-2-4-8/h2-4H2,1,8H3,(H,6,7). The third kappa shape index (κ3) is 5.69. The lowest BCUT2D eigenvalue weighted by Gasteiger charge is -1.96. The Morgan fingerprint density at radius 2 is 2.38 bits per heavy atom. The summed E-state index contributed by atoms with van der Waals surface area (Å²) in [5, 5.41) is 2.73. The zero-order valence-electron chi connectivity index (χ0n) is 5.53. The molecule has 1 N–H and O–H groups in total. The van der Waals surface area contributed by atoms with Crippen molar-refractivity contribution in [2.24, 2.45) is 0 Å². The summed E-state index contributed by atoms with van der Waals surface area (Å²) >= 11 is 0. The third-order valence-electron chi connectivity index (χ3n) is 0.904. The predicted molar refractivity (Wildman–Crippen MR) is 38.0 cm³/mol. The summed E-state index contributed by atoms with van der Waals surface area (Å²) in [6, 6.07) is 1.28. The molecule has 0 aliphatic carbocycles. The molecule has 0 heterocycles. The van der Waals surface area contributed by atoms with E-state index in [0.29, 0.717) is 0 Å². The second kappa shape index (κ2) is 4.84. The molecule has 48 valence electrons. The molecule has 0 radical (unpaired) electrons. The van der Waals surface area contributed by atoms with E-state index in [1.165, 1.54) is 16.3 Å². The van der Waals surface area contributed by atoms with Crippen molar-refractivity contribution in [3.8, 4) is 0 Å². The van der Waals surface area contributed by atoms with Crippen LogP contribution in [0.25, 0.3) is 0 Å². The van der Waals surface area contributed by atoms with Crippen molar-refractivity contribution in [3.63, 3.8) is 0 Å². The molecule has 0 aromatic rings. The molecule has 0 bridgehead atoms. The average molecular weight is 131 g/mol. The lowest BCUT2D eigenvalue weighted by Crippen LogP contribution is -2.20. The van der Waals surface area contributed by atoms with Crippen LogP contribution in [0.1, 0.15) is 13.3 Å². The SMILES string of the molecule is CC(=O)NCCC[SiH3]. The molecule has 0 aromatic heterocycles. The van der Waals surface area contributed by atoms with E-state index in [9.17, 15) is 4.79 Å². The van der Waals surface area contributed by atoms with Crippen molar-refractivity contribution in [2.75, 3.05) is 6.54 Å². The largest absolute Gasteiger partial charge is 0.356 e. The van der Waals surface area contributed by atoms with Gasteiger partial charge in [-0.2, -0.15) is 0 Å². The van der Waals surface area contributed by atoms with Gasteiger partial charge in [0.2, 0.25) is 5.91 Å². The first-order chi connectivity index (χ1) is 3.77. The molecule has 3 heteroatoms. The maximum atomic E-state index is 10.2. The van der Waals surface area contributed by atoms with E-state index >= 15 is 0 Å². The second-order valence-corrected chi connectivity index (χ2v) is 2.84. The summed E-state index contributed by atoms with van der Waals surface area (Å²) in [6.07, 6.45) is 1.14. The van der Waals surface area contributed by atoms with Crippen LogP contribution in [0.15, 0.2) is 0 Å². The smallest absolute Gasteiger partial charge is 0.216 e. The quantitative estimate of drug-likeness (QED) is 0.398. The molecule has 2 nitrogen and oxygen atoms in total. The van der Waals surface area contributed by atoms with E-state index in [1.807, 2.05) is 0 Å². The number of hydrogen-bond donors (Lipinski definition) is 1. The minimum Gasteiger partial charge on any atom is -0.356 e. The highest BCUT2D eigenvalue weighted by atomic mass is 28.1. The number of hydrogen-bond acceptors (Lipinski definition) is 1. The number of amides is 1. The molecule has 0 spiro atoms. The maximum absolute atomic E-state index is 10.2. The summed E-state index contributed by atoms with van der Waals surface area (Å²) in [5.74, 6) is 0.0834. The maximum Gasteiger partial charge on any atom is 0.216 e. The molecule has 1 amide bonds. The zero-order chi connectivity index (χ0) is 6.41. The summed E-state index contributed by atoms with van der Waals surface area (Å²) in [6.45, 7) is 2.41. The zero-order valence-corrected chi connectivity index (χ0v) is 7.53. The van der Waals surface area contributed by atoms with Crippen molar-refractivity contribution in [1.82, 2.24) is 5.32 Å². The number of carbonyl (C=O) groups is 1. The Bertz CT molecular complexity index is 74.8. The van der Waals surface area contributed by atoms with E-state index in [-0.39, 0.29) is 5.91 Å². The van der Waals surface area contributed by atoms with Gasteiger partial charge in [0.25, 0.3) is 0 Å². The fraction of sp³-hybridized carbons (Fsp3) is 0.800. The van der Waals surface area contributed by atoms with Gasteiger partial charge in [0.05, 0.1) is 0 Å². The molecule has 0 aliphatic rings. The summed E-state index contributed by atoms with van der Waals surface area (Å²) in [7, 11) is 1.25. The molecule has 0 rings (SSSR count). The highest BCUT2D eigenvalue weighted by Gasteiger charge is 1.85. The number of nitrogens with one attached hydrogen (secondary N) is 1. The molecule has 0 aliphatic heterocycles. The number of carbonyl (C=O) groups excluding carboxylic acids is 1. The lowest BCUT2D eigenvalue weighted by molar-refractivity contribution is -0.118. The van der Waals surface area contributed by atoms with Gasteiger partial charge in [-0.25, -0.2) is 0 Å². The van der Waals surface area contributed by atoms with E-state index in [2.05, 4.69) is 5.32 Å². The second-order valence-electron chi connectivity index (χ2n) is 1.84. The molecule has 0 atom stereocenters. The topological polar surface area (TPSA) is 29.1 Å². The summed E-state index contributed by atoms with van der Waals surface area (Å²) in [4.78, 5) is 10.2. The molecule has 0 unspecified atom stereocenters. The molecule has 0 saturated carbocycles. The first-order valence-electron chi connectivity index (χ1n) is 3.01. The Kier molecular flexibility index (Phi) is 4.65. The van der Waals surface area contributed by atoms with Gasteiger partial charge in [0, 0.05) is 23.7 Å². The third-order valence-corrected chi connectivity index (χ3v) is 1.61. The molecule has 0 saturated heterocycles. The first kappa shape index (κ1) is 7.69. The van der Waals surface area contributed by atoms with Crippen molar-refractivity contribution in [3.05, 3.63) is 0 Å². The fourth-order valence-electron chi connectivity index (χ4n) is 0.441. The van der Waals surface area contributed by atoms with Crippen molar-refractivity contribution in [1.29, 1.82) is 0 Å². The van der Waals surface area contributed by atoms with Gasteiger partial charge in [0.1, 0.15) is 0 Å².